The summed E-state index contributed by atoms with van der Waals surface area (Å²) in [6, 6.07) is -0.523. The number of hydrogen-bond donors (Lipinski definition) is 3. The minimum Gasteiger partial charge on any atom is -0.368 e. The molecule has 2 aliphatic rings. The van der Waals surface area contributed by atoms with E-state index < -0.39 is 11.9 Å². The van der Waals surface area contributed by atoms with Gasteiger partial charge in [-0.15, -0.1) is 0 Å². The smallest absolute Gasteiger partial charge is 0.240 e. The first-order valence-electron chi connectivity index (χ1n) is 8.75. The van der Waals surface area contributed by atoms with E-state index in [4.69, 9.17) is 11.5 Å². The number of fused-ring (bicyclic) bond motifs is 1. The van der Waals surface area contributed by atoms with Gasteiger partial charge in [-0.25, -0.2) is 4.98 Å². The fourth-order valence-electron chi connectivity index (χ4n) is 4.01. The van der Waals surface area contributed by atoms with Crippen molar-refractivity contribution in [3.05, 3.63) is 16.9 Å². The average molecular weight is 421 g/mol. The van der Waals surface area contributed by atoms with Crippen molar-refractivity contribution in [2.45, 2.75) is 37.8 Å². The van der Waals surface area contributed by atoms with Crippen LogP contribution >= 0.6 is 15.9 Å². The van der Waals surface area contributed by atoms with Gasteiger partial charge in [-0.05, 0) is 35.2 Å². The second kappa shape index (κ2) is 6.55. The van der Waals surface area contributed by atoms with Crippen molar-refractivity contribution < 1.29 is 9.59 Å². The summed E-state index contributed by atoms with van der Waals surface area (Å²) in [5.74, 6) is -0.592. The maximum Gasteiger partial charge on any atom is 0.240 e. The number of halogens is 1. The van der Waals surface area contributed by atoms with Gasteiger partial charge < -0.3 is 21.4 Å². The summed E-state index contributed by atoms with van der Waals surface area (Å²) in [5, 5.41) is 0.815. The molecule has 2 aliphatic heterocycles. The molecule has 9 heteroatoms. The standard InChI is InChI=1S/C17H21BrN6O2/c18-10-6-21-17-14(15(10)23-5-1-2-9(19)8-23)12(7-22-17)24-11(16(20)26)3-4-13(24)25/h6-7,9,11H,1-5,8,19H2,(H2,20,26)(H,21,22)/t9-,11?/m1/s1. The molecule has 5 N–H and O–H groups in total. The fourth-order valence-corrected chi connectivity index (χ4v) is 4.56. The molecular formula is C17H21BrN6O2. The van der Waals surface area contributed by atoms with Gasteiger partial charge >= 0.3 is 0 Å². The minimum absolute atomic E-state index is 0.101. The lowest BCUT2D eigenvalue weighted by molar-refractivity contribution is -0.121. The highest BCUT2D eigenvalue weighted by atomic mass is 79.9. The van der Waals surface area contributed by atoms with E-state index >= 15 is 0 Å². The highest BCUT2D eigenvalue weighted by Crippen LogP contribution is 2.42. The zero-order valence-electron chi connectivity index (χ0n) is 14.2. The molecule has 26 heavy (non-hydrogen) atoms. The third-order valence-electron chi connectivity index (χ3n) is 5.18. The summed E-state index contributed by atoms with van der Waals surface area (Å²) in [6.45, 7) is 1.61. The molecule has 8 nitrogen and oxygen atoms in total. The summed E-state index contributed by atoms with van der Waals surface area (Å²) >= 11 is 3.61. The monoisotopic (exact) mass is 420 g/mol. The van der Waals surface area contributed by atoms with Gasteiger partial charge in [0, 0.05) is 37.9 Å². The van der Waals surface area contributed by atoms with E-state index in [-0.39, 0.29) is 11.9 Å². The third kappa shape index (κ3) is 2.75. The van der Waals surface area contributed by atoms with Crippen LogP contribution in [-0.2, 0) is 9.59 Å². The lowest BCUT2D eigenvalue weighted by Crippen LogP contribution is -2.44. The Hall–Kier alpha value is -2.13. The second-order valence-electron chi connectivity index (χ2n) is 6.92. The van der Waals surface area contributed by atoms with Crippen LogP contribution in [0.1, 0.15) is 25.7 Å². The molecule has 4 heterocycles. The molecule has 2 fully saturated rings. The third-order valence-corrected chi connectivity index (χ3v) is 5.76. The Balaban J connectivity index is 1.88. The Morgan fingerprint density at radius 2 is 2.19 bits per heavy atom. The number of aromatic amines is 1. The van der Waals surface area contributed by atoms with Gasteiger partial charge in [0.15, 0.2) is 0 Å². The Morgan fingerprint density at radius 1 is 1.38 bits per heavy atom. The largest absolute Gasteiger partial charge is 0.368 e. The first-order valence-corrected chi connectivity index (χ1v) is 9.54. The number of aromatic nitrogens is 2. The number of H-pyrrole nitrogens is 1. The Bertz CT molecular complexity index is 882. The lowest BCUT2D eigenvalue weighted by Gasteiger charge is -2.34. The van der Waals surface area contributed by atoms with E-state index in [9.17, 15) is 9.59 Å². The second-order valence-corrected chi connectivity index (χ2v) is 7.78. The molecule has 138 valence electrons. The SMILES string of the molecule is NC(=O)C1CCC(=O)N1c1c[nH]c2ncc(Br)c(N3CCC[C@@H](N)C3)c12. The number of pyridine rings is 1. The van der Waals surface area contributed by atoms with Crippen LogP contribution in [-0.4, -0.2) is 47.0 Å². The Labute approximate surface area is 159 Å². The van der Waals surface area contributed by atoms with Crippen molar-refractivity contribution in [1.82, 2.24) is 9.97 Å². The number of hydrogen-bond acceptors (Lipinski definition) is 5. The van der Waals surface area contributed by atoms with E-state index in [0.717, 1.165) is 41.5 Å². The van der Waals surface area contributed by atoms with Gasteiger partial charge in [-0.1, -0.05) is 0 Å². The summed E-state index contributed by atoms with van der Waals surface area (Å²) in [7, 11) is 0. The van der Waals surface area contributed by atoms with Crippen molar-refractivity contribution >= 4 is 50.2 Å². The molecule has 2 amide bonds. The number of carbonyl (C=O) groups is 2. The maximum absolute atomic E-state index is 12.5. The Kier molecular flexibility index (Phi) is 4.36. The van der Waals surface area contributed by atoms with Crippen LogP contribution < -0.4 is 21.3 Å². The molecule has 0 aliphatic carbocycles. The number of amides is 2. The van der Waals surface area contributed by atoms with E-state index in [1.165, 1.54) is 4.90 Å². The maximum atomic E-state index is 12.5. The van der Waals surface area contributed by atoms with Crippen molar-refractivity contribution in [2.24, 2.45) is 11.5 Å². The molecule has 0 aromatic carbocycles. The van der Waals surface area contributed by atoms with Crippen LogP contribution in [0.4, 0.5) is 11.4 Å². The molecule has 0 radical (unpaired) electrons. The average Bonchev–Trinajstić information content (AvgIpc) is 3.18. The number of piperidine rings is 1. The molecule has 0 spiro atoms. The minimum atomic E-state index is -0.628. The quantitative estimate of drug-likeness (QED) is 0.689. The van der Waals surface area contributed by atoms with Crippen LogP contribution in [0, 0.1) is 0 Å². The number of nitrogens with two attached hydrogens (primary N) is 2. The van der Waals surface area contributed by atoms with Gasteiger partial charge in [0.2, 0.25) is 11.8 Å². The van der Waals surface area contributed by atoms with Crippen LogP contribution in [0.15, 0.2) is 16.9 Å². The Morgan fingerprint density at radius 3 is 2.92 bits per heavy atom. The van der Waals surface area contributed by atoms with Gasteiger partial charge in [-0.3, -0.25) is 14.5 Å². The number of anilines is 2. The van der Waals surface area contributed by atoms with Crippen LogP contribution in [0.5, 0.6) is 0 Å². The van der Waals surface area contributed by atoms with Crippen LogP contribution in [0.3, 0.4) is 0 Å². The molecule has 2 aromatic rings. The normalized spacial score (nSPS) is 23.8. The first kappa shape index (κ1) is 17.3. The number of carbonyl (C=O) groups excluding carboxylic acids is 2. The fraction of sp³-hybridized carbons (Fsp3) is 0.471. The predicted molar refractivity (Wildman–Crippen MR) is 103 cm³/mol. The van der Waals surface area contributed by atoms with Gasteiger partial charge in [0.25, 0.3) is 0 Å². The van der Waals surface area contributed by atoms with Crippen LogP contribution in [0.2, 0.25) is 0 Å². The molecule has 4 rings (SSSR count). The molecule has 2 atom stereocenters. The van der Waals surface area contributed by atoms with Crippen molar-refractivity contribution in [3.8, 4) is 0 Å². The van der Waals surface area contributed by atoms with Gasteiger partial charge in [0.1, 0.15) is 11.7 Å². The molecule has 0 saturated carbocycles. The summed E-state index contributed by atoms with van der Waals surface area (Å²) in [6.07, 6.45) is 6.23. The number of rotatable bonds is 3. The first-order chi connectivity index (χ1) is 12.5. The topological polar surface area (TPSA) is 121 Å². The predicted octanol–water partition coefficient (Wildman–Crippen LogP) is 1.23. The summed E-state index contributed by atoms with van der Waals surface area (Å²) in [5.41, 5.74) is 14.0. The number of nitrogens with zero attached hydrogens (tertiary/aromatic N) is 3. The zero-order chi connectivity index (χ0) is 18.4. The van der Waals surface area contributed by atoms with E-state index in [2.05, 4.69) is 30.8 Å². The summed E-state index contributed by atoms with van der Waals surface area (Å²) < 4.78 is 0.835. The van der Waals surface area contributed by atoms with Gasteiger partial charge in [0.05, 0.1) is 21.2 Å². The zero-order valence-corrected chi connectivity index (χ0v) is 15.8. The van der Waals surface area contributed by atoms with Crippen molar-refractivity contribution in [2.75, 3.05) is 22.9 Å². The highest BCUT2D eigenvalue weighted by molar-refractivity contribution is 9.10. The molecule has 0 bridgehead atoms. The highest BCUT2D eigenvalue weighted by Gasteiger charge is 2.38. The molecule has 2 aromatic heterocycles. The van der Waals surface area contributed by atoms with Crippen LogP contribution in [0.25, 0.3) is 11.0 Å². The lowest BCUT2D eigenvalue weighted by atomic mass is 10.0. The van der Waals surface area contributed by atoms with E-state index in [1.54, 1.807) is 12.4 Å². The molecular weight excluding hydrogens is 400 g/mol. The van der Waals surface area contributed by atoms with Crippen molar-refractivity contribution in [1.29, 1.82) is 0 Å². The molecule has 2 saturated heterocycles. The number of nitrogens with one attached hydrogen (secondary N) is 1. The van der Waals surface area contributed by atoms with E-state index in [1.807, 2.05) is 0 Å². The molecule has 1 unspecified atom stereocenters. The van der Waals surface area contributed by atoms with E-state index in [0.29, 0.717) is 24.2 Å². The number of primary amides is 1. The van der Waals surface area contributed by atoms with Gasteiger partial charge in [-0.2, -0.15) is 0 Å². The summed E-state index contributed by atoms with van der Waals surface area (Å²) in [4.78, 5) is 35.6. The van der Waals surface area contributed by atoms with Crippen molar-refractivity contribution in [3.63, 3.8) is 0 Å².